The van der Waals surface area contributed by atoms with Crippen molar-refractivity contribution in [1.29, 1.82) is 0 Å². The van der Waals surface area contributed by atoms with Crippen LogP contribution in [0.4, 0.5) is 0 Å². The number of hydrogen-bond donors (Lipinski definition) is 1. The highest BCUT2D eigenvalue weighted by Crippen LogP contribution is 2.25. The Morgan fingerprint density at radius 2 is 2.31 bits per heavy atom. The van der Waals surface area contributed by atoms with Crippen LogP contribution in [0.3, 0.4) is 0 Å². The maximum absolute atomic E-state index is 6.19. The average Bonchev–Trinajstić information content (AvgIpc) is 2.71. The van der Waals surface area contributed by atoms with E-state index in [9.17, 15) is 0 Å². The maximum atomic E-state index is 6.19. The molecule has 1 heterocycles. The molecule has 4 heteroatoms. The summed E-state index contributed by atoms with van der Waals surface area (Å²) < 4.78 is 1.08. The lowest BCUT2D eigenvalue weighted by Gasteiger charge is -2.23. The van der Waals surface area contributed by atoms with Gasteiger partial charge in [-0.25, -0.2) is 0 Å². The fourth-order valence-corrected chi connectivity index (χ4v) is 2.84. The second-order valence-electron chi connectivity index (χ2n) is 4.24. The van der Waals surface area contributed by atoms with Gasteiger partial charge < -0.3 is 5.73 Å². The lowest BCUT2D eigenvalue weighted by molar-refractivity contribution is 0.250. The molecule has 0 amide bonds. The molecule has 2 nitrogen and oxygen atoms in total. The number of halogens is 2. The average molecular weight is 304 g/mol. The number of benzene rings is 1. The van der Waals surface area contributed by atoms with Crippen LogP contribution < -0.4 is 5.73 Å². The van der Waals surface area contributed by atoms with Gasteiger partial charge in [0.15, 0.2) is 0 Å². The topological polar surface area (TPSA) is 29.3 Å². The lowest BCUT2D eigenvalue weighted by Crippen LogP contribution is -2.34. The molecule has 88 valence electrons. The number of rotatable bonds is 3. The summed E-state index contributed by atoms with van der Waals surface area (Å²) in [4.78, 5) is 2.42. The van der Waals surface area contributed by atoms with Gasteiger partial charge in [-0.3, -0.25) is 4.90 Å². The number of nitrogens with zero attached hydrogens (tertiary/aromatic N) is 1. The van der Waals surface area contributed by atoms with Gasteiger partial charge in [-0.2, -0.15) is 0 Å². The molecule has 1 fully saturated rings. The van der Waals surface area contributed by atoms with Crippen LogP contribution >= 0.6 is 27.5 Å². The molecule has 1 aromatic rings. The molecule has 0 spiro atoms. The van der Waals surface area contributed by atoms with Crippen molar-refractivity contribution in [2.75, 3.05) is 13.1 Å². The molecule has 16 heavy (non-hydrogen) atoms. The van der Waals surface area contributed by atoms with Gasteiger partial charge in [0, 0.05) is 28.6 Å². The van der Waals surface area contributed by atoms with Gasteiger partial charge in [0.25, 0.3) is 0 Å². The first kappa shape index (κ1) is 12.4. The van der Waals surface area contributed by atoms with Gasteiger partial charge in [-0.15, -0.1) is 0 Å². The molecule has 1 aliphatic heterocycles. The molecule has 0 aliphatic carbocycles. The van der Waals surface area contributed by atoms with Crippen molar-refractivity contribution in [2.24, 2.45) is 5.73 Å². The van der Waals surface area contributed by atoms with Crippen LogP contribution in [0.15, 0.2) is 22.7 Å². The Hall–Kier alpha value is -0.0900. The quantitative estimate of drug-likeness (QED) is 0.930. The highest BCUT2D eigenvalue weighted by molar-refractivity contribution is 9.10. The molecule has 2 N–H and O–H groups in total. The predicted octanol–water partition coefficient (Wildman–Crippen LogP) is 3.03. The number of hydrogen-bond acceptors (Lipinski definition) is 2. The largest absolute Gasteiger partial charge is 0.329 e. The van der Waals surface area contributed by atoms with E-state index in [-0.39, 0.29) is 0 Å². The van der Waals surface area contributed by atoms with E-state index in [2.05, 4.69) is 26.9 Å². The standard InChI is InChI=1S/C12H16BrClN2/c13-10-3-4-12(14)9(6-10)8-16-5-1-2-11(16)7-15/h3-4,6,11H,1-2,5,7-8,15H2. The van der Waals surface area contributed by atoms with E-state index in [4.69, 9.17) is 17.3 Å². The molecule has 0 bridgehead atoms. The first-order valence-electron chi connectivity index (χ1n) is 5.58. The van der Waals surface area contributed by atoms with Crippen LogP contribution in [0, 0.1) is 0 Å². The van der Waals surface area contributed by atoms with E-state index in [0.717, 1.165) is 29.1 Å². The van der Waals surface area contributed by atoms with Gasteiger partial charge in [-0.05, 0) is 43.1 Å². The zero-order valence-electron chi connectivity index (χ0n) is 9.13. The second-order valence-corrected chi connectivity index (χ2v) is 5.56. The van der Waals surface area contributed by atoms with Crippen molar-refractivity contribution >= 4 is 27.5 Å². The summed E-state index contributed by atoms with van der Waals surface area (Å²) >= 11 is 9.66. The summed E-state index contributed by atoms with van der Waals surface area (Å²) in [5.41, 5.74) is 6.94. The molecule has 1 unspecified atom stereocenters. The van der Waals surface area contributed by atoms with Crippen LogP contribution in [0.1, 0.15) is 18.4 Å². The summed E-state index contributed by atoms with van der Waals surface area (Å²) in [5, 5.41) is 0.839. The summed E-state index contributed by atoms with van der Waals surface area (Å²) in [6.07, 6.45) is 2.45. The predicted molar refractivity (Wildman–Crippen MR) is 71.6 cm³/mol. The smallest absolute Gasteiger partial charge is 0.0451 e. The normalized spacial score (nSPS) is 21.6. The van der Waals surface area contributed by atoms with Crippen molar-refractivity contribution in [1.82, 2.24) is 4.90 Å². The van der Waals surface area contributed by atoms with Gasteiger partial charge in [-0.1, -0.05) is 27.5 Å². The van der Waals surface area contributed by atoms with Crippen molar-refractivity contribution in [3.05, 3.63) is 33.3 Å². The first-order chi connectivity index (χ1) is 7.70. The fraction of sp³-hybridized carbons (Fsp3) is 0.500. The summed E-state index contributed by atoms with van der Waals surface area (Å²) in [6, 6.07) is 6.52. The van der Waals surface area contributed by atoms with E-state index in [1.54, 1.807) is 0 Å². The zero-order valence-corrected chi connectivity index (χ0v) is 11.5. The monoisotopic (exact) mass is 302 g/mol. The Labute approximate surface area is 110 Å². The first-order valence-corrected chi connectivity index (χ1v) is 6.76. The molecule has 1 aliphatic rings. The molecule has 0 saturated carbocycles. The maximum Gasteiger partial charge on any atom is 0.0451 e. The van der Waals surface area contributed by atoms with Crippen LogP contribution in [0.5, 0.6) is 0 Å². The van der Waals surface area contributed by atoms with Crippen LogP contribution in [0.25, 0.3) is 0 Å². The molecule has 0 aromatic heterocycles. The number of likely N-dealkylation sites (tertiary alicyclic amines) is 1. The van der Waals surface area contributed by atoms with Crippen LogP contribution in [-0.2, 0) is 6.54 Å². The van der Waals surface area contributed by atoms with Gasteiger partial charge in [0.2, 0.25) is 0 Å². The molecular weight excluding hydrogens is 288 g/mol. The second kappa shape index (κ2) is 5.50. The molecule has 1 saturated heterocycles. The van der Waals surface area contributed by atoms with Crippen molar-refractivity contribution in [3.63, 3.8) is 0 Å². The SMILES string of the molecule is NCC1CCCN1Cc1cc(Br)ccc1Cl. The Morgan fingerprint density at radius 3 is 3.06 bits per heavy atom. The molecular formula is C12H16BrClN2. The van der Waals surface area contributed by atoms with E-state index in [0.29, 0.717) is 6.04 Å². The molecule has 0 radical (unpaired) electrons. The third kappa shape index (κ3) is 2.77. The zero-order chi connectivity index (χ0) is 11.5. The molecule has 1 aromatic carbocycles. The minimum absolute atomic E-state index is 0.523. The highest BCUT2D eigenvalue weighted by Gasteiger charge is 2.23. The molecule has 2 rings (SSSR count). The van der Waals surface area contributed by atoms with Crippen LogP contribution in [0.2, 0.25) is 5.02 Å². The third-order valence-corrected chi connectivity index (χ3v) is 4.01. The summed E-state index contributed by atoms with van der Waals surface area (Å²) in [6.45, 7) is 2.77. The highest BCUT2D eigenvalue weighted by atomic mass is 79.9. The summed E-state index contributed by atoms with van der Waals surface area (Å²) in [5.74, 6) is 0. The van der Waals surface area contributed by atoms with Gasteiger partial charge >= 0.3 is 0 Å². The van der Waals surface area contributed by atoms with Crippen LogP contribution in [-0.4, -0.2) is 24.0 Å². The lowest BCUT2D eigenvalue weighted by atomic mass is 10.2. The van der Waals surface area contributed by atoms with E-state index < -0.39 is 0 Å². The Kier molecular flexibility index (Phi) is 4.25. The van der Waals surface area contributed by atoms with Crippen molar-refractivity contribution in [2.45, 2.75) is 25.4 Å². The van der Waals surface area contributed by atoms with Gasteiger partial charge in [0.1, 0.15) is 0 Å². The van der Waals surface area contributed by atoms with Gasteiger partial charge in [0.05, 0.1) is 0 Å². The summed E-state index contributed by atoms with van der Waals surface area (Å²) in [7, 11) is 0. The third-order valence-electron chi connectivity index (χ3n) is 3.15. The van der Waals surface area contributed by atoms with E-state index in [1.807, 2.05) is 12.1 Å². The Balaban J connectivity index is 2.11. The molecule has 1 atom stereocenters. The minimum Gasteiger partial charge on any atom is -0.329 e. The Morgan fingerprint density at radius 1 is 1.50 bits per heavy atom. The van der Waals surface area contributed by atoms with E-state index in [1.165, 1.54) is 18.4 Å². The minimum atomic E-state index is 0.523. The Bertz CT molecular complexity index is 370. The fourth-order valence-electron chi connectivity index (χ4n) is 2.25. The van der Waals surface area contributed by atoms with E-state index >= 15 is 0 Å². The number of nitrogens with two attached hydrogens (primary N) is 1. The van der Waals surface area contributed by atoms with Crippen molar-refractivity contribution in [3.8, 4) is 0 Å². The van der Waals surface area contributed by atoms with Crippen molar-refractivity contribution < 1.29 is 0 Å².